The average Bonchev–Trinajstić information content (AvgIpc) is 3.01. The van der Waals surface area contributed by atoms with E-state index in [4.69, 9.17) is 13.9 Å². The van der Waals surface area contributed by atoms with Crippen molar-refractivity contribution in [2.24, 2.45) is 0 Å². The molecule has 2 aromatic rings. The summed E-state index contributed by atoms with van der Waals surface area (Å²) in [6.45, 7) is 7.26. The van der Waals surface area contributed by atoms with Crippen LogP contribution in [0.1, 0.15) is 44.0 Å². The number of hydrogen-bond donors (Lipinski definition) is 1. The van der Waals surface area contributed by atoms with Crippen LogP contribution in [-0.4, -0.2) is 23.5 Å². The molecule has 0 bridgehead atoms. The van der Waals surface area contributed by atoms with Crippen molar-refractivity contribution in [3.8, 4) is 5.75 Å². The Balaban J connectivity index is 1.88. The second kappa shape index (κ2) is 7.88. The lowest BCUT2D eigenvalue weighted by atomic mass is 10.1. The molecular weight excluding hydrogens is 322 g/mol. The van der Waals surface area contributed by atoms with Gasteiger partial charge in [-0.3, -0.25) is 4.79 Å². The van der Waals surface area contributed by atoms with E-state index in [0.717, 1.165) is 0 Å². The summed E-state index contributed by atoms with van der Waals surface area (Å²) < 4.78 is 16.1. The first-order valence-corrected chi connectivity index (χ1v) is 8.04. The molecule has 0 aliphatic heterocycles. The van der Waals surface area contributed by atoms with E-state index in [2.05, 4.69) is 5.32 Å². The standard InChI is InChI=1S/C19H23NO5/c1-13(17(21)20-19(2,3)4)24-18(22)16-11-10-15(25-16)12-23-14-8-6-5-7-9-14/h5-11,13H,12H2,1-4H3,(H,20,21). The van der Waals surface area contributed by atoms with Crippen molar-refractivity contribution in [1.29, 1.82) is 0 Å². The van der Waals surface area contributed by atoms with Gasteiger partial charge in [0.15, 0.2) is 6.10 Å². The Bertz CT molecular complexity index is 715. The van der Waals surface area contributed by atoms with E-state index in [1.807, 2.05) is 51.1 Å². The highest BCUT2D eigenvalue weighted by Gasteiger charge is 2.24. The van der Waals surface area contributed by atoms with Crippen LogP contribution in [0.3, 0.4) is 0 Å². The first-order chi connectivity index (χ1) is 11.7. The summed E-state index contributed by atoms with van der Waals surface area (Å²) in [5, 5.41) is 2.75. The van der Waals surface area contributed by atoms with Crippen LogP contribution < -0.4 is 10.1 Å². The average molecular weight is 345 g/mol. The summed E-state index contributed by atoms with van der Waals surface area (Å²) >= 11 is 0. The van der Waals surface area contributed by atoms with Gasteiger partial charge in [-0.05, 0) is 52.0 Å². The lowest BCUT2D eigenvalue weighted by molar-refractivity contribution is -0.130. The fourth-order valence-corrected chi connectivity index (χ4v) is 1.98. The zero-order valence-corrected chi connectivity index (χ0v) is 14.9. The molecule has 0 spiro atoms. The molecule has 0 aliphatic rings. The smallest absolute Gasteiger partial charge is 0.375 e. The number of amides is 1. The van der Waals surface area contributed by atoms with Gasteiger partial charge in [-0.15, -0.1) is 0 Å². The van der Waals surface area contributed by atoms with Crippen LogP contribution in [-0.2, 0) is 16.1 Å². The Labute approximate surface area is 147 Å². The Morgan fingerprint density at radius 1 is 1.12 bits per heavy atom. The summed E-state index contributed by atoms with van der Waals surface area (Å²) in [7, 11) is 0. The van der Waals surface area contributed by atoms with Crippen molar-refractivity contribution in [2.45, 2.75) is 45.9 Å². The van der Waals surface area contributed by atoms with Gasteiger partial charge in [0.25, 0.3) is 5.91 Å². The van der Waals surface area contributed by atoms with Gasteiger partial charge in [0.1, 0.15) is 18.1 Å². The van der Waals surface area contributed by atoms with E-state index < -0.39 is 17.6 Å². The van der Waals surface area contributed by atoms with Crippen molar-refractivity contribution in [2.75, 3.05) is 0 Å². The van der Waals surface area contributed by atoms with Crippen LogP contribution in [0.2, 0.25) is 0 Å². The highest BCUT2D eigenvalue weighted by Crippen LogP contribution is 2.15. The Morgan fingerprint density at radius 3 is 2.44 bits per heavy atom. The van der Waals surface area contributed by atoms with Crippen molar-refractivity contribution in [3.63, 3.8) is 0 Å². The Hall–Kier alpha value is -2.76. The first kappa shape index (κ1) is 18.6. The maximum absolute atomic E-state index is 12.1. The van der Waals surface area contributed by atoms with Crippen LogP contribution in [0.15, 0.2) is 46.9 Å². The van der Waals surface area contributed by atoms with Gasteiger partial charge in [-0.1, -0.05) is 18.2 Å². The number of carbonyl (C=O) groups is 2. The van der Waals surface area contributed by atoms with Gasteiger partial charge in [-0.2, -0.15) is 0 Å². The van der Waals surface area contributed by atoms with E-state index in [1.54, 1.807) is 6.07 Å². The molecule has 134 valence electrons. The summed E-state index contributed by atoms with van der Waals surface area (Å²) in [6.07, 6.45) is -0.916. The highest BCUT2D eigenvalue weighted by atomic mass is 16.6. The minimum Gasteiger partial charge on any atom is -0.486 e. The van der Waals surface area contributed by atoms with Crippen molar-refractivity contribution in [1.82, 2.24) is 5.32 Å². The number of furan rings is 1. The molecule has 0 radical (unpaired) electrons. The second-order valence-electron chi connectivity index (χ2n) is 6.65. The predicted molar refractivity (Wildman–Crippen MR) is 92.3 cm³/mol. The predicted octanol–water partition coefficient (Wildman–Crippen LogP) is 3.32. The maximum atomic E-state index is 12.1. The zero-order chi connectivity index (χ0) is 18.4. The fraction of sp³-hybridized carbons (Fsp3) is 0.368. The van der Waals surface area contributed by atoms with Crippen LogP contribution in [0.25, 0.3) is 0 Å². The number of carbonyl (C=O) groups excluding carboxylic acids is 2. The molecule has 2 rings (SSSR count). The fourth-order valence-electron chi connectivity index (χ4n) is 1.98. The van der Waals surface area contributed by atoms with Crippen molar-refractivity contribution >= 4 is 11.9 Å². The molecular formula is C19H23NO5. The zero-order valence-electron chi connectivity index (χ0n) is 14.9. The second-order valence-corrected chi connectivity index (χ2v) is 6.65. The summed E-state index contributed by atoms with van der Waals surface area (Å²) in [5.74, 6) is 0.169. The van der Waals surface area contributed by atoms with Crippen LogP contribution >= 0.6 is 0 Å². The molecule has 0 aliphatic carbocycles. The van der Waals surface area contributed by atoms with E-state index in [-0.39, 0.29) is 18.3 Å². The van der Waals surface area contributed by atoms with Crippen molar-refractivity contribution < 1.29 is 23.5 Å². The molecule has 0 saturated carbocycles. The van der Waals surface area contributed by atoms with Gasteiger partial charge in [-0.25, -0.2) is 4.79 Å². The number of ether oxygens (including phenoxy) is 2. The molecule has 6 nitrogen and oxygen atoms in total. The summed E-state index contributed by atoms with van der Waals surface area (Å²) in [6, 6.07) is 12.4. The van der Waals surface area contributed by atoms with Crippen LogP contribution in [0.5, 0.6) is 5.75 Å². The first-order valence-electron chi connectivity index (χ1n) is 8.04. The molecule has 1 aromatic carbocycles. The lowest BCUT2D eigenvalue weighted by Crippen LogP contribution is -2.46. The molecule has 25 heavy (non-hydrogen) atoms. The summed E-state index contributed by atoms with van der Waals surface area (Å²) in [5.41, 5.74) is -0.398. The number of nitrogens with one attached hydrogen (secondary N) is 1. The number of para-hydroxylation sites is 1. The molecule has 1 unspecified atom stereocenters. The molecule has 6 heteroatoms. The normalized spacial score (nSPS) is 12.3. The minimum absolute atomic E-state index is 0.0297. The number of esters is 1. The third-order valence-corrected chi connectivity index (χ3v) is 3.14. The Morgan fingerprint density at radius 2 is 1.80 bits per heavy atom. The van der Waals surface area contributed by atoms with Crippen LogP contribution in [0.4, 0.5) is 0 Å². The molecule has 1 atom stereocenters. The van der Waals surface area contributed by atoms with Gasteiger partial charge in [0.05, 0.1) is 0 Å². The third kappa shape index (κ3) is 5.99. The SMILES string of the molecule is CC(OC(=O)c1ccc(COc2ccccc2)o1)C(=O)NC(C)(C)C. The van der Waals surface area contributed by atoms with Gasteiger partial charge in [0, 0.05) is 5.54 Å². The van der Waals surface area contributed by atoms with E-state index in [0.29, 0.717) is 11.5 Å². The summed E-state index contributed by atoms with van der Waals surface area (Å²) in [4.78, 5) is 24.0. The van der Waals surface area contributed by atoms with Gasteiger partial charge in [0.2, 0.25) is 5.76 Å². The minimum atomic E-state index is -0.916. The monoisotopic (exact) mass is 345 g/mol. The molecule has 0 saturated heterocycles. The third-order valence-electron chi connectivity index (χ3n) is 3.14. The topological polar surface area (TPSA) is 77.8 Å². The Kier molecular flexibility index (Phi) is 5.85. The molecule has 1 aromatic heterocycles. The van der Waals surface area contributed by atoms with E-state index in [1.165, 1.54) is 13.0 Å². The van der Waals surface area contributed by atoms with Gasteiger partial charge < -0.3 is 19.2 Å². The maximum Gasteiger partial charge on any atom is 0.375 e. The van der Waals surface area contributed by atoms with E-state index >= 15 is 0 Å². The van der Waals surface area contributed by atoms with Crippen LogP contribution in [0, 0.1) is 0 Å². The van der Waals surface area contributed by atoms with Gasteiger partial charge >= 0.3 is 5.97 Å². The molecule has 1 heterocycles. The largest absolute Gasteiger partial charge is 0.486 e. The number of hydrogen-bond acceptors (Lipinski definition) is 5. The number of rotatable bonds is 6. The highest BCUT2D eigenvalue weighted by molar-refractivity contribution is 5.90. The molecule has 0 fully saturated rings. The van der Waals surface area contributed by atoms with E-state index in [9.17, 15) is 9.59 Å². The molecule has 1 N–H and O–H groups in total. The quantitative estimate of drug-likeness (QED) is 0.813. The molecule has 1 amide bonds. The number of benzene rings is 1. The lowest BCUT2D eigenvalue weighted by Gasteiger charge is -2.22. The van der Waals surface area contributed by atoms with Crippen molar-refractivity contribution in [3.05, 3.63) is 54.0 Å².